The smallest absolute Gasteiger partial charge is 0.315 e. The van der Waals surface area contributed by atoms with Crippen LogP contribution in [0.15, 0.2) is 53.4 Å². The topological polar surface area (TPSA) is 86.5 Å². The second-order valence-corrected chi connectivity index (χ2v) is 9.36. The fourth-order valence-electron chi connectivity index (χ4n) is 3.61. The molecule has 1 aliphatic rings. The van der Waals surface area contributed by atoms with Crippen molar-refractivity contribution >= 4 is 39.0 Å². The molecule has 3 atom stereocenters. The maximum atomic E-state index is 13.3. The molecule has 5 nitrogen and oxygen atoms in total. The average Bonchev–Trinajstić information content (AvgIpc) is 3.34. The predicted octanol–water partition coefficient (Wildman–Crippen LogP) is 3.44. The van der Waals surface area contributed by atoms with Crippen molar-refractivity contribution < 1.29 is 17.9 Å². The normalized spacial score (nSPS) is 24.4. The number of ether oxygens (including phenoxy) is 1. The van der Waals surface area contributed by atoms with Crippen molar-refractivity contribution in [2.45, 2.75) is 23.0 Å². The number of carbonyl (C=O) groups excluding carboxylic acids is 1. The number of esters is 1. The summed E-state index contributed by atoms with van der Waals surface area (Å²) in [5, 5.41) is -0.0723. The summed E-state index contributed by atoms with van der Waals surface area (Å²) in [5.74, 6) is -1.21. The van der Waals surface area contributed by atoms with E-state index in [0.29, 0.717) is 15.6 Å². The zero-order valence-corrected chi connectivity index (χ0v) is 16.9. The molecule has 0 spiro atoms. The number of hydrogen-bond acceptors (Lipinski definition) is 5. The summed E-state index contributed by atoms with van der Waals surface area (Å²) in [6.45, 7) is 1.67. The van der Waals surface area contributed by atoms with Gasteiger partial charge in [-0.1, -0.05) is 35.3 Å². The molecule has 0 radical (unpaired) electrons. The summed E-state index contributed by atoms with van der Waals surface area (Å²) >= 11 is 11.8. The third kappa shape index (κ3) is 3.36. The summed E-state index contributed by atoms with van der Waals surface area (Å²) in [7, 11) is -3.85. The molecule has 1 fully saturated rings. The van der Waals surface area contributed by atoms with Crippen LogP contribution in [0.4, 0.5) is 0 Å². The van der Waals surface area contributed by atoms with Crippen LogP contribution in [0.25, 0.3) is 0 Å². The van der Waals surface area contributed by atoms with Gasteiger partial charge in [0.1, 0.15) is 5.41 Å². The van der Waals surface area contributed by atoms with Gasteiger partial charge < -0.3 is 10.5 Å². The first-order valence-electron chi connectivity index (χ1n) is 8.41. The summed E-state index contributed by atoms with van der Waals surface area (Å²) in [6, 6.07) is 12.6. The van der Waals surface area contributed by atoms with Gasteiger partial charge in [0.2, 0.25) is 0 Å². The SMILES string of the molecule is CCOC(=O)[C@@]1(CN)[C@H](S(=O)(=O)c2ccc(Cl)cc2)[C@@H]1c1ccc(Cl)cc1. The summed E-state index contributed by atoms with van der Waals surface area (Å²) in [5.41, 5.74) is 5.28. The molecular formula is C19H19Cl2NO4S. The van der Waals surface area contributed by atoms with E-state index in [-0.39, 0.29) is 18.0 Å². The maximum Gasteiger partial charge on any atom is 0.315 e. The summed E-state index contributed by atoms with van der Waals surface area (Å²) in [4.78, 5) is 12.8. The van der Waals surface area contributed by atoms with Crippen molar-refractivity contribution in [2.75, 3.05) is 13.2 Å². The molecule has 0 amide bonds. The van der Waals surface area contributed by atoms with Crippen LogP contribution in [-0.4, -0.2) is 32.8 Å². The van der Waals surface area contributed by atoms with Crippen LogP contribution < -0.4 is 5.73 Å². The van der Waals surface area contributed by atoms with Crippen LogP contribution in [0.1, 0.15) is 18.4 Å². The minimum absolute atomic E-state index is 0.0930. The molecule has 2 aromatic carbocycles. The van der Waals surface area contributed by atoms with Gasteiger partial charge in [-0.3, -0.25) is 4.79 Å². The maximum absolute atomic E-state index is 13.3. The Morgan fingerprint density at radius 2 is 1.59 bits per heavy atom. The second-order valence-electron chi connectivity index (χ2n) is 6.41. The van der Waals surface area contributed by atoms with Crippen LogP contribution in [-0.2, 0) is 19.4 Å². The van der Waals surface area contributed by atoms with Gasteiger partial charge in [-0.2, -0.15) is 0 Å². The molecule has 3 rings (SSSR count). The molecular weight excluding hydrogens is 409 g/mol. The van der Waals surface area contributed by atoms with Gasteiger partial charge in [-0.15, -0.1) is 0 Å². The van der Waals surface area contributed by atoms with Crippen molar-refractivity contribution in [2.24, 2.45) is 11.1 Å². The van der Waals surface area contributed by atoms with E-state index >= 15 is 0 Å². The van der Waals surface area contributed by atoms with Gasteiger partial charge in [0.15, 0.2) is 9.84 Å². The van der Waals surface area contributed by atoms with Gasteiger partial charge in [-0.05, 0) is 48.9 Å². The molecule has 0 aliphatic heterocycles. The fourth-order valence-corrected chi connectivity index (χ4v) is 6.24. The molecule has 0 heterocycles. The van der Waals surface area contributed by atoms with Crippen LogP contribution in [0.5, 0.6) is 0 Å². The van der Waals surface area contributed by atoms with Crippen molar-refractivity contribution in [3.63, 3.8) is 0 Å². The molecule has 1 saturated carbocycles. The number of sulfone groups is 1. The lowest BCUT2D eigenvalue weighted by Crippen LogP contribution is -2.33. The van der Waals surface area contributed by atoms with E-state index in [2.05, 4.69) is 0 Å². The van der Waals surface area contributed by atoms with Crippen molar-refractivity contribution in [1.82, 2.24) is 0 Å². The second kappa shape index (κ2) is 7.43. The third-order valence-electron chi connectivity index (χ3n) is 4.96. The molecule has 0 unspecified atom stereocenters. The Balaban J connectivity index is 2.10. The molecule has 8 heteroatoms. The fraction of sp³-hybridized carbons (Fsp3) is 0.316. The lowest BCUT2D eigenvalue weighted by molar-refractivity contribution is -0.149. The Kier molecular flexibility index (Phi) is 5.54. The van der Waals surface area contributed by atoms with E-state index < -0.39 is 32.4 Å². The zero-order valence-electron chi connectivity index (χ0n) is 14.6. The highest BCUT2D eigenvalue weighted by atomic mass is 35.5. The summed E-state index contributed by atoms with van der Waals surface area (Å²) < 4.78 is 31.8. The molecule has 2 aromatic rings. The van der Waals surface area contributed by atoms with E-state index in [1.54, 1.807) is 31.2 Å². The highest BCUT2D eigenvalue weighted by molar-refractivity contribution is 7.92. The van der Waals surface area contributed by atoms with Crippen molar-refractivity contribution in [3.05, 3.63) is 64.1 Å². The van der Waals surface area contributed by atoms with Crippen LogP contribution in [0.3, 0.4) is 0 Å². The van der Waals surface area contributed by atoms with Crippen LogP contribution >= 0.6 is 23.2 Å². The van der Waals surface area contributed by atoms with Gasteiger partial charge in [0.25, 0.3) is 0 Å². The van der Waals surface area contributed by atoms with Gasteiger partial charge >= 0.3 is 5.97 Å². The Morgan fingerprint density at radius 3 is 2.07 bits per heavy atom. The Morgan fingerprint density at radius 1 is 1.07 bits per heavy atom. The zero-order chi connectivity index (χ0) is 19.8. The van der Waals surface area contributed by atoms with Crippen LogP contribution in [0.2, 0.25) is 10.0 Å². The van der Waals surface area contributed by atoms with E-state index in [1.165, 1.54) is 24.3 Å². The standard InChI is InChI=1S/C19H19Cl2NO4S/c1-2-26-18(23)19(11-22)16(12-3-5-13(20)6-4-12)17(19)27(24,25)15-9-7-14(21)8-10-15/h3-10,16-17H,2,11,22H2,1H3/t16-,17+,19+/m0/s1. The van der Waals surface area contributed by atoms with Gasteiger partial charge in [-0.25, -0.2) is 8.42 Å². The minimum atomic E-state index is -3.85. The highest BCUT2D eigenvalue weighted by Crippen LogP contribution is 2.64. The number of hydrogen-bond donors (Lipinski definition) is 1. The van der Waals surface area contributed by atoms with Crippen LogP contribution in [0, 0.1) is 5.41 Å². The Bertz CT molecular complexity index is 945. The van der Waals surface area contributed by atoms with E-state index in [0.717, 1.165) is 0 Å². The van der Waals surface area contributed by atoms with Gasteiger partial charge in [0, 0.05) is 22.5 Å². The van der Waals surface area contributed by atoms with Gasteiger partial charge in [0.05, 0.1) is 16.8 Å². The molecule has 27 heavy (non-hydrogen) atoms. The monoisotopic (exact) mass is 427 g/mol. The third-order valence-corrected chi connectivity index (χ3v) is 7.75. The van der Waals surface area contributed by atoms with Crippen molar-refractivity contribution in [3.8, 4) is 0 Å². The molecule has 2 N–H and O–H groups in total. The minimum Gasteiger partial charge on any atom is -0.465 e. The van der Waals surface area contributed by atoms with E-state index in [9.17, 15) is 13.2 Å². The number of carbonyl (C=O) groups is 1. The van der Waals surface area contributed by atoms with E-state index in [1.807, 2.05) is 0 Å². The summed E-state index contributed by atoms with van der Waals surface area (Å²) in [6.07, 6.45) is 0. The lowest BCUT2D eigenvalue weighted by atomic mass is 9.99. The number of benzene rings is 2. The van der Waals surface area contributed by atoms with Crippen molar-refractivity contribution in [1.29, 1.82) is 0 Å². The average molecular weight is 428 g/mol. The Hall–Kier alpha value is -1.60. The Labute approximate surface area is 168 Å². The molecule has 0 saturated heterocycles. The predicted molar refractivity (Wildman–Crippen MR) is 105 cm³/mol. The first kappa shape index (κ1) is 20.1. The number of halogens is 2. The molecule has 144 valence electrons. The largest absolute Gasteiger partial charge is 0.465 e. The highest BCUT2D eigenvalue weighted by Gasteiger charge is 2.75. The quantitative estimate of drug-likeness (QED) is 0.713. The van der Waals surface area contributed by atoms with E-state index in [4.69, 9.17) is 33.7 Å². The first-order valence-corrected chi connectivity index (χ1v) is 10.7. The molecule has 1 aliphatic carbocycles. The lowest BCUT2D eigenvalue weighted by Gasteiger charge is -2.14. The molecule has 0 bridgehead atoms. The number of rotatable bonds is 6. The number of nitrogens with two attached hydrogens (primary N) is 1. The molecule has 0 aromatic heterocycles. The first-order chi connectivity index (χ1) is 12.8.